The first-order chi connectivity index (χ1) is 10.3. The van der Waals surface area contributed by atoms with Gasteiger partial charge in [-0.2, -0.15) is 0 Å². The molecular weight excluding hydrogens is 463 g/mol. The zero-order chi connectivity index (χ0) is 14.7. The lowest BCUT2D eigenvalue weighted by Gasteiger charge is -2.41. The smallest absolute Gasteiger partial charge is 0.0377 e. The maximum Gasteiger partial charge on any atom is 0.0377 e. The predicted octanol–water partition coefficient (Wildman–Crippen LogP) is 5.58. The molecule has 0 aromatic heterocycles. The van der Waals surface area contributed by atoms with Crippen LogP contribution in [0.25, 0.3) is 0 Å². The standard InChI is InChI=1S/C17H24Br2N2.2ClH/c18-15-7-6-14(12-16(15)19)17(13-4-2-1-3-5-13)21-10-8-20-9-11-21;;/h6-7,12-13,17,20H,1-5,8-11H2;2*1H/t17-;;/m1../s1. The van der Waals surface area contributed by atoms with Crippen LogP contribution in [0.1, 0.15) is 43.7 Å². The van der Waals surface area contributed by atoms with E-state index in [0.717, 1.165) is 23.5 Å². The molecule has 6 heteroatoms. The van der Waals surface area contributed by atoms with Crippen molar-refractivity contribution >= 4 is 56.7 Å². The highest BCUT2D eigenvalue weighted by Crippen LogP contribution is 2.40. The molecular formula is C17H26Br2Cl2N2. The fourth-order valence-corrected chi connectivity index (χ4v) is 4.53. The predicted molar refractivity (Wildman–Crippen MR) is 110 cm³/mol. The van der Waals surface area contributed by atoms with Gasteiger partial charge in [0.05, 0.1) is 0 Å². The Balaban J connectivity index is 0.00000132. The number of hydrogen-bond acceptors (Lipinski definition) is 2. The second-order valence-corrected chi connectivity index (χ2v) is 8.01. The van der Waals surface area contributed by atoms with E-state index in [2.05, 4.69) is 60.3 Å². The third kappa shape index (κ3) is 5.58. The molecule has 1 aromatic rings. The van der Waals surface area contributed by atoms with Crippen molar-refractivity contribution < 1.29 is 0 Å². The van der Waals surface area contributed by atoms with E-state index in [1.54, 1.807) is 0 Å². The maximum absolute atomic E-state index is 3.68. The van der Waals surface area contributed by atoms with Crippen LogP contribution in [0, 0.1) is 5.92 Å². The van der Waals surface area contributed by atoms with Gasteiger partial charge in [0.15, 0.2) is 0 Å². The minimum Gasteiger partial charge on any atom is -0.314 e. The second kappa shape index (κ2) is 10.6. The highest BCUT2D eigenvalue weighted by Gasteiger charge is 2.31. The zero-order valence-corrected chi connectivity index (χ0v) is 18.1. The average molecular weight is 489 g/mol. The largest absolute Gasteiger partial charge is 0.314 e. The Labute approximate surface area is 169 Å². The quantitative estimate of drug-likeness (QED) is 0.597. The fraction of sp³-hybridized carbons (Fsp3) is 0.647. The Hall–Kier alpha value is 0.680. The molecule has 1 aliphatic heterocycles. The number of nitrogens with one attached hydrogen (secondary N) is 1. The molecule has 1 heterocycles. The lowest BCUT2D eigenvalue weighted by molar-refractivity contribution is 0.103. The first-order valence-corrected chi connectivity index (χ1v) is 9.74. The van der Waals surface area contributed by atoms with Crippen molar-refractivity contribution in [1.29, 1.82) is 0 Å². The molecule has 1 saturated heterocycles. The van der Waals surface area contributed by atoms with E-state index < -0.39 is 0 Å². The Morgan fingerprint density at radius 3 is 2.22 bits per heavy atom. The van der Waals surface area contributed by atoms with Crippen LogP contribution in [0.15, 0.2) is 27.1 Å². The Morgan fingerprint density at radius 1 is 0.957 bits per heavy atom. The van der Waals surface area contributed by atoms with Crippen molar-refractivity contribution in [2.24, 2.45) is 5.92 Å². The summed E-state index contributed by atoms with van der Waals surface area (Å²) >= 11 is 7.28. The summed E-state index contributed by atoms with van der Waals surface area (Å²) in [6.07, 6.45) is 7.02. The van der Waals surface area contributed by atoms with E-state index in [1.807, 2.05) is 0 Å². The number of benzene rings is 1. The average Bonchev–Trinajstić information content (AvgIpc) is 2.53. The molecule has 1 saturated carbocycles. The van der Waals surface area contributed by atoms with Crippen molar-refractivity contribution in [2.75, 3.05) is 26.2 Å². The van der Waals surface area contributed by atoms with Gasteiger partial charge >= 0.3 is 0 Å². The first-order valence-electron chi connectivity index (χ1n) is 8.15. The van der Waals surface area contributed by atoms with Gasteiger partial charge in [0.1, 0.15) is 0 Å². The summed E-state index contributed by atoms with van der Waals surface area (Å²) < 4.78 is 2.32. The van der Waals surface area contributed by atoms with Crippen LogP contribution in [0.4, 0.5) is 0 Å². The molecule has 2 nitrogen and oxygen atoms in total. The third-order valence-electron chi connectivity index (χ3n) is 4.93. The molecule has 132 valence electrons. The van der Waals surface area contributed by atoms with Gasteiger partial charge < -0.3 is 5.32 Å². The SMILES string of the molecule is Brc1ccc([C@@H](C2CCCCC2)N2CCNCC2)cc1Br.Cl.Cl. The van der Waals surface area contributed by atoms with Crippen LogP contribution >= 0.6 is 56.7 Å². The van der Waals surface area contributed by atoms with Crippen LogP contribution in [0.3, 0.4) is 0 Å². The van der Waals surface area contributed by atoms with Gasteiger partial charge in [-0.15, -0.1) is 24.8 Å². The molecule has 0 unspecified atom stereocenters. The Kier molecular flexibility index (Phi) is 10.0. The normalized spacial score (nSPS) is 21.1. The van der Waals surface area contributed by atoms with Gasteiger partial charge in [0.2, 0.25) is 0 Å². The van der Waals surface area contributed by atoms with Gasteiger partial charge in [0.25, 0.3) is 0 Å². The highest BCUT2D eigenvalue weighted by atomic mass is 79.9. The van der Waals surface area contributed by atoms with Crippen molar-refractivity contribution in [2.45, 2.75) is 38.1 Å². The van der Waals surface area contributed by atoms with Gasteiger partial charge in [0, 0.05) is 41.2 Å². The van der Waals surface area contributed by atoms with E-state index in [9.17, 15) is 0 Å². The number of hydrogen-bond donors (Lipinski definition) is 1. The second-order valence-electron chi connectivity index (χ2n) is 6.30. The van der Waals surface area contributed by atoms with Gasteiger partial charge in [-0.25, -0.2) is 0 Å². The molecule has 1 aromatic carbocycles. The first kappa shape index (κ1) is 21.7. The van der Waals surface area contributed by atoms with Crippen LogP contribution in [0.5, 0.6) is 0 Å². The molecule has 0 bridgehead atoms. The molecule has 2 aliphatic rings. The summed E-state index contributed by atoms with van der Waals surface area (Å²) in [5.74, 6) is 0.824. The van der Waals surface area contributed by atoms with Crippen molar-refractivity contribution in [3.63, 3.8) is 0 Å². The van der Waals surface area contributed by atoms with E-state index in [1.165, 1.54) is 55.2 Å². The van der Waals surface area contributed by atoms with Crippen molar-refractivity contribution in [3.8, 4) is 0 Å². The van der Waals surface area contributed by atoms with Gasteiger partial charge in [-0.3, -0.25) is 4.90 Å². The molecule has 23 heavy (non-hydrogen) atoms. The molecule has 0 radical (unpaired) electrons. The monoisotopic (exact) mass is 486 g/mol. The van der Waals surface area contributed by atoms with Crippen molar-refractivity contribution in [1.82, 2.24) is 10.2 Å². The molecule has 1 atom stereocenters. The molecule has 3 rings (SSSR count). The summed E-state index contributed by atoms with van der Waals surface area (Å²) in [6.45, 7) is 4.60. The number of rotatable bonds is 3. The summed E-state index contributed by atoms with van der Waals surface area (Å²) in [5, 5.41) is 3.49. The number of nitrogens with zero attached hydrogens (tertiary/aromatic N) is 1. The summed E-state index contributed by atoms with van der Waals surface area (Å²) in [5.41, 5.74) is 1.49. The zero-order valence-electron chi connectivity index (χ0n) is 13.3. The minimum atomic E-state index is 0. The minimum absolute atomic E-state index is 0. The highest BCUT2D eigenvalue weighted by molar-refractivity contribution is 9.13. The Morgan fingerprint density at radius 2 is 1.61 bits per heavy atom. The van der Waals surface area contributed by atoms with Crippen LogP contribution in [0.2, 0.25) is 0 Å². The van der Waals surface area contributed by atoms with Crippen LogP contribution in [-0.4, -0.2) is 31.1 Å². The number of halogens is 4. The number of piperazine rings is 1. The molecule has 1 aliphatic carbocycles. The van der Waals surface area contributed by atoms with E-state index in [0.29, 0.717) is 6.04 Å². The lowest BCUT2D eigenvalue weighted by Crippen LogP contribution is -2.47. The van der Waals surface area contributed by atoms with Crippen LogP contribution in [-0.2, 0) is 0 Å². The molecule has 1 N–H and O–H groups in total. The molecule has 2 fully saturated rings. The lowest BCUT2D eigenvalue weighted by atomic mass is 9.80. The van der Waals surface area contributed by atoms with Crippen LogP contribution < -0.4 is 5.32 Å². The maximum atomic E-state index is 3.68. The van der Waals surface area contributed by atoms with E-state index in [-0.39, 0.29) is 24.8 Å². The van der Waals surface area contributed by atoms with Gasteiger partial charge in [-0.05, 0) is 68.3 Å². The van der Waals surface area contributed by atoms with Crippen molar-refractivity contribution in [3.05, 3.63) is 32.7 Å². The molecule has 0 spiro atoms. The summed E-state index contributed by atoms with van der Waals surface area (Å²) in [6, 6.07) is 7.43. The molecule has 0 amide bonds. The summed E-state index contributed by atoms with van der Waals surface area (Å²) in [7, 11) is 0. The fourth-order valence-electron chi connectivity index (χ4n) is 3.89. The third-order valence-corrected chi connectivity index (χ3v) is 6.81. The van der Waals surface area contributed by atoms with E-state index >= 15 is 0 Å². The van der Waals surface area contributed by atoms with E-state index in [4.69, 9.17) is 0 Å². The van der Waals surface area contributed by atoms with Gasteiger partial charge in [-0.1, -0.05) is 25.3 Å². The summed E-state index contributed by atoms with van der Waals surface area (Å²) in [4.78, 5) is 2.71. The Bertz CT molecular complexity index is 458. The topological polar surface area (TPSA) is 15.3 Å².